The van der Waals surface area contributed by atoms with Crippen LogP contribution >= 0.6 is 15.9 Å². The average molecular weight is 326 g/mol. The first-order chi connectivity index (χ1) is 9.04. The van der Waals surface area contributed by atoms with Crippen LogP contribution in [0.5, 0.6) is 0 Å². The highest BCUT2D eigenvalue weighted by atomic mass is 79.9. The minimum Gasteiger partial charge on any atom is -0.325 e. The zero-order chi connectivity index (χ0) is 13.8. The summed E-state index contributed by atoms with van der Waals surface area (Å²) in [5.41, 5.74) is 1.95. The van der Waals surface area contributed by atoms with Crippen LogP contribution in [0.15, 0.2) is 22.7 Å². The Bertz CT molecular complexity index is 464. The maximum absolute atomic E-state index is 12.0. The van der Waals surface area contributed by atoms with Gasteiger partial charge >= 0.3 is 0 Å². The van der Waals surface area contributed by atoms with Gasteiger partial charge in [0.25, 0.3) is 0 Å². The summed E-state index contributed by atoms with van der Waals surface area (Å²) in [6.07, 6.45) is 0. The van der Waals surface area contributed by atoms with E-state index in [1.54, 1.807) is 0 Å². The molecule has 0 spiro atoms. The Balaban J connectivity index is 1.90. The molecule has 1 amide bonds. The quantitative estimate of drug-likeness (QED) is 0.893. The number of nitrogens with zero attached hydrogens (tertiary/aromatic N) is 1. The van der Waals surface area contributed by atoms with Gasteiger partial charge in [-0.25, -0.2) is 0 Å². The van der Waals surface area contributed by atoms with Crippen LogP contribution in [0.3, 0.4) is 0 Å². The zero-order valence-electron chi connectivity index (χ0n) is 11.4. The highest BCUT2D eigenvalue weighted by Gasteiger charge is 2.18. The van der Waals surface area contributed by atoms with Gasteiger partial charge in [-0.05, 0) is 37.6 Å². The van der Waals surface area contributed by atoms with Crippen molar-refractivity contribution in [2.24, 2.45) is 0 Å². The lowest BCUT2D eigenvalue weighted by molar-refractivity contribution is -0.117. The van der Waals surface area contributed by atoms with Gasteiger partial charge in [-0.1, -0.05) is 15.9 Å². The highest BCUT2D eigenvalue weighted by Crippen LogP contribution is 2.19. The van der Waals surface area contributed by atoms with Crippen LogP contribution < -0.4 is 10.6 Å². The Kier molecular flexibility index (Phi) is 4.96. The summed E-state index contributed by atoms with van der Waals surface area (Å²) in [6.45, 7) is 7.40. The molecule has 1 aromatic carbocycles. The molecule has 0 bridgehead atoms. The third-order valence-corrected chi connectivity index (χ3v) is 3.78. The molecule has 2 N–H and O–H groups in total. The van der Waals surface area contributed by atoms with Gasteiger partial charge < -0.3 is 10.6 Å². The molecule has 1 unspecified atom stereocenters. The summed E-state index contributed by atoms with van der Waals surface area (Å²) >= 11 is 3.42. The van der Waals surface area contributed by atoms with Gasteiger partial charge in [0.05, 0.1) is 6.54 Å². The van der Waals surface area contributed by atoms with Crippen LogP contribution in [0.2, 0.25) is 0 Å². The monoisotopic (exact) mass is 325 g/mol. The van der Waals surface area contributed by atoms with E-state index in [2.05, 4.69) is 38.4 Å². The number of rotatable bonds is 3. The van der Waals surface area contributed by atoms with Crippen LogP contribution in [-0.4, -0.2) is 43.0 Å². The second-order valence-electron chi connectivity index (χ2n) is 5.10. The zero-order valence-corrected chi connectivity index (χ0v) is 13.0. The highest BCUT2D eigenvalue weighted by molar-refractivity contribution is 9.10. The second kappa shape index (κ2) is 6.50. The van der Waals surface area contributed by atoms with Crippen molar-refractivity contribution in [3.8, 4) is 0 Å². The Hall–Kier alpha value is -0.910. The van der Waals surface area contributed by atoms with E-state index in [1.165, 1.54) is 0 Å². The number of amides is 1. The Morgan fingerprint density at radius 1 is 1.58 bits per heavy atom. The summed E-state index contributed by atoms with van der Waals surface area (Å²) in [4.78, 5) is 14.2. The number of hydrogen-bond acceptors (Lipinski definition) is 3. The molecule has 19 heavy (non-hydrogen) atoms. The van der Waals surface area contributed by atoms with Crippen molar-refractivity contribution in [1.82, 2.24) is 10.2 Å². The Morgan fingerprint density at radius 2 is 2.37 bits per heavy atom. The molecule has 0 radical (unpaired) electrons. The number of carbonyl (C=O) groups excluding carboxylic acids is 1. The molecule has 1 fully saturated rings. The lowest BCUT2D eigenvalue weighted by Gasteiger charge is -2.31. The number of aryl methyl sites for hydroxylation is 1. The molecule has 1 aliphatic rings. The van der Waals surface area contributed by atoms with Crippen molar-refractivity contribution in [2.75, 3.05) is 31.5 Å². The normalized spacial score (nSPS) is 20.3. The average Bonchev–Trinajstić information content (AvgIpc) is 2.33. The van der Waals surface area contributed by atoms with Crippen molar-refractivity contribution in [1.29, 1.82) is 0 Å². The number of carbonyl (C=O) groups is 1. The maximum atomic E-state index is 12.0. The Labute approximate surface area is 122 Å². The van der Waals surface area contributed by atoms with E-state index in [4.69, 9.17) is 0 Å². The van der Waals surface area contributed by atoms with Gasteiger partial charge in [-0.2, -0.15) is 0 Å². The first-order valence-electron chi connectivity index (χ1n) is 6.56. The predicted molar refractivity (Wildman–Crippen MR) is 81.4 cm³/mol. The second-order valence-corrected chi connectivity index (χ2v) is 6.01. The molecule has 1 atom stereocenters. The topological polar surface area (TPSA) is 44.4 Å². The van der Waals surface area contributed by atoms with E-state index in [9.17, 15) is 4.79 Å². The number of piperazine rings is 1. The van der Waals surface area contributed by atoms with Crippen molar-refractivity contribution < 1.29 is 4.79 Å². The maximum Gasteiger partial charge on any atom is 0.238 e. The van der Waals surface area contributed by atoms with E-state index in [1.807, 2.05) is 25.1 Å². The first-order valence-corrected chi connectivity index (χ1v) is 7.35. The van der Waals surface area contributed by atoms with Gasteiger partial charge in [0.15, 0.2) is 0 Å². The molecule has 0 saturated carbocycles. The molecule has 104 valence electrons. The number of nitrogens with one attached hydrogen (secondary N) is 2. The predicted octanol–water partition coefficient (Wildman–Crippen LogP) is 1.99. The van der Waals surface area contributed by atoms with Crippen molar-refractivity contribution >= 4 is 27.5 Å². The van der Waals surface area contributed by atoms with E-state index < -0.39 is 0 Å². The first kappa shape index (κ1) is 14.5. The fraction of sp³-hybridized carbons (Fsp3) is 0.500. The van der Waals surface area contributed by atoms with Crippen molar-refractivity contribution in [2.45, 2.75) is 19.9 Å². The van der Waals surface area contributed by atoms with Crippen LogP contribution in [0.4, 0.5) is 5.69 Å². The Morgan fingerprint density at radius 3 is 3.05 bits per heavy atom. The van der Waals surface area contributed by atoms with Crippen LogP contribution in [0.1, 0.15) is 12.5 Å². The summed E-state index contributed by atoms with van der Waals surface area (Å²) < 4.78 is 1.03. The molecule has 1 aliphatic heterocycles. The molecule has 0 aliphatic carbocycles. The SMILES string of the molecule is Cc1cc(Br)ccc1NC(=O)CN1CCNC(C)C1. The summed E-state index contributed by atoms with van der Waals surface area (Å²) in [7, 11) is 0. The largest absolute Gasteiger partial charge is 0.325 e. The van der Waals surface area contributed by atoms with Crippen LogP contribution in [-0.2, 0) is 4.79 Å². The fourth-order valence-electron chi connectivity index (χ4n) is 2.32. The van der Waals surface area contributed by atoms with Gasteiger partial charge in [-0.15, -0.1) is 0 Å². The smallest absolute Gasteiger partial charge is 0.238 e. The van der Waals surface area contributed by atoms with Gasteiger partial charge in [0.1, 0.15) is 0 Å². The summed E-state index contributed by atoms with van der Waals surface area (Å²) in [6, 6.07) is 6.33. The third-order valence-electron chi connectivity index (χ3n) is 3.28. The molecular weight excluding hydrogens is 306 g/mol. The molecular formula is C14H20BrN3O. The third kappa shape index (κ3) is 4.30. The van der Waals surface area contributed by atoms with Crippen LogP contribution in [0, 0.1) is 6.92 Å². The molecule has 2 rings (SSSR count). The minimum atomic E-state index is 0.0551. The molecule has 5 heteroatoms. The summed E-state index contributed by atoms with van der Waals surface area (Å²) in [5, 5.41) is 6.35. The number of halogens is 1. The number of benzene rings is 1. The molecule has 0 aromatic heterocycles. The van der Waals surface area contributed by atoms with Gasteiger partial charge in [0.2, 0.25) is 5.91 Å². The van der Waals surface area contributed by atoms with Gasteiger partial charge in [0, 0.05) is 35.8 Å². The lowest BCUT2D eigenvalue weighted by atomic mass is 10.2. The van der Waals surface area contributed by atoms with Crippen molar-refractivity contribution in [3.63, 3.8) is 0 Å². The van der Waals surface area contributed by atoms with E-state index in [-0.39, 0.29) is 5.91 Å². The van der Waals surface area contributed by atoms with E-state index in [0.717, 1.165) is 35.4 Å². The van der Waals surface area contributed by atoms with E-state index in [0.29, 0.717) is 12.6 Å². The molecule has 1 saturated heterocycles. The summed E-state index contributed by atoms with van der Waals surface area (Å²) in [5.74, 6) is 0.0551. The van der Waals surface area contributed by atoms with Crippen molar-refractivity contribution in [3.05, 3.63) is 28.2 Å². The van der Waals surface area contributed by atoms with Gasteiger partial charge in [-0.3, -0.25) is 9.69 Å². The fourth-order valence-corrected chi connectivity index (χ4v) is 2.79. The number of hydrogen-bond donors (Lipinski definition) is 2. The van der Waals surface area contributed by atoms with Crippen LogP contribution in [0.25, 0.3) is 0 Å². The standard InChI is InChI=1S/C14H20BrN3O/c1-10-7-12(15)3-4-13(10)17-14(19)9-18-6-5-16-11(2)8-18/h3-4,7,11,16H,5-6,8-9H2,1-2H3,(H,17,19). The molecule has 4 nitrogen and oxygen atoms in total. The molecule has 1 heterocycles. The lowest BCUT2D eigenvalue weighted by Crippen LogP contribution is -2.51. The van der Waals surface area contributed by atoms with E-state index >= 15 is 0 Å². The molecule has 1 aromatic rings. The minimum absolute atomic E-state index is 0.0551. The number of anilines is 1.